The maximum Gasteiger partial charge on any atom is 0.407 e. The molecule has 34 heavy (non-hydrogen) atoms. The zero-order valence-corrected chi connectivity index (χ0v) is 18.2. The van der Waals surface area contributed by atoms with Crippen molar-refractivity contribution >= 4 is 18.0 Å². The Labute approximate surface area is 196 Å². The average molecular weight is 457 g/mol. The van der Waals surface area contributed by atoms with Crippen molar-refractivity contribution in [3.63, 3.8) is 0 Å². The molecule has 2 amide bonds. The smallest absolute Gasteiger partial charge is 0.407 e. The molecule has 0 atom stereocenters. The summed E-state index contributed by atoms with van der Waals surface area (Å²) in [4.78, 5) is 38.6. The molecule has 0 fully saturated rings. The van der Waals surface area contributed by atoms with Crippen molar-refractivity contribution < 1.29 is 24.2 Å². The Morgan fingerprint density at radius 3 is 2.24 bits per heavy atom. The number of ether oxygens (including phenoxy) is 1. The van der Waals surface area contributed by atoms with E-state index in [9.17, 15) is 14.4 Å². The molecule has 0 unspecified atom stereocenters. The second-order valence-corrected chi connectivity index (χ2v) is 7.68. The molecule has 2 aromatic carbocycles. The summed E-state index contributed by atoms with van der Waals surface area (Å²) in [6.07, 6.45) is 3.66. The van der Waals surface area contributed by atoms with Crippen molar-refractivity contribution in [2.24, 2.45) is 0 Å². The number of aromatic nitrogens is 1. The number of hydrogen-bond acceptors (Lipinski definition) is 5. The van der Waals surface area contributed by atoms with Gasteiger partial charge in [-0.05, 0) is 33.9 Å². The van der Waals surface area contributed by atoms with Gasteiger partial charge in [0, 0.05) is 31.3 Å². The number of rotatable bonds is 8. The minimum absolute atomic E-state index is 0.0153. The Balaban J connectivity index is 1.20. The van der Waals surface area contributed by atoms with E-state index in [1.807, 2.05) is 24.3 Å². The lowest BCUT2D eigenvalue weighted by Crippen LogP contribution is -2.26. The SMILES string of the molecule is O=C(/C=C/CNC(=O)OCC1c2ccccc2-c2ccccc21)NCc1ccc(C(=O)O)nc1. The van der Waals surface area contributed by atoms with Crippen LogP contribution in [0.25, 0.3) is 11.1 Å². The Morgan fingerprint density at radius 1 is 0.941 bits per heavy atom. The number of carbonyl (C=O) groups is 3. The summed E-state index contributed by atoms with van der Waals surface area (Å²) in [6.45, 7) is 0.563. The Hall–Kier alpha value is -4.46. The summed E-state index contributed by atoms with van der Waals surface area (Å²) in [7, 11) is 0. The quantitative estimate of drug-likeness (QED) is 0.446. The number of amides is 2. The van der Waals surface area contributed by atoms with Gasteiger partial charge < -0.3 is 20.5 Å². The van der Waals surface area contributed by atoms with Crippen LogP contribution in [0.1, 0.15) is 33.1 Å². The van der Waals surface area contributed by atoms with E-state index in [0.29, 0.717) is 5.56 Å². The highest BCUT2D eigenvalue weighted by atomic mass is 16.5. The number of carboxylic acid groups (broad SMARTS) is 1. The van der Waals surface area contributed by atoms with Crippen molar-refractivity contribution in [2.45, 2.75) is 12.5 Å². The van der Waals surface area contributed by atoms with Gasteiger partial charge in [-0.2, -0.15) is 0 Å². The first-order valence-electron chi connectivity index (χ1n) is 10.7. The predicted molar refractivity (Wildman–Crippen MR) is 125 cm³/mol. The maximum atomic E-state index is 12.1. The molecular formula is C26H23N3O5. The molecule has 8 nitrogen and oxygen atoms in total. The Bertz CT molecular complexity index is 1190. The Kier molecular flexibility index (Phi) is 6.98. The van der Waals surface area contributed by atoms with Gasteiger partial charge in [-0.15, -0.1) is 0 Å². The highest BCUT2D eigenvalue weighted by Gasteiger charge is 2.28. The van der Waals surface area contributed by atoms with Crippen molar-refractivity contribution in [2.75, 3.05) is 13.2 Å². The van der Waals surface area contributed by atoms with E-state index in [-0.39, 0.29) is 37.2 Å². The van der Waals surface area contributed by atoms with E-state index >= 15 is 0 Å². The van der Waals surface area contributed by atoms with Crippen LogP contribution in [-0.2, 0) is 16.1 Å². The van der Waals surface area contributed by atoms with E-state index in [0.717, 1.165) is 22.3 Å². The van der Waals surface area contributed by atoms with Crippen LogP contribution in [0.2, 0.25) is 0 Å². The molecule has 1 aromatic heterocycles. The molecule has 0 saturated heterocycles. The van der Waals surface area contributed by atoms with Gasteiger partial charge in [-0.1, -0.05) is 60.7 Å². The third-order valence-corrected chi connectivity index (χ3v) is 5.49. The van der Waals surface area contributed by atoms with Gasteiger partial charge in [0.05, 0.1) is 0 Å². The number of nitrogens with one attached hydrogen (secondary N) is 2. The molecular weight excluding hydrogens is 434 g/mol. The number of carbonyl (C=O) groups excluding carboxylic acids is 2. The predicted octanol–water partition coefficient (Wildman–Crippen LogP) is 3.49. The first-order valence-corrected chi connectivity index (χ1v) is 10.7. The number of hydrogen-bond donors (Lipinski definition) is 3. The maximum absolute atomic E-state index is 12.1. The van der Waals surface area contributed by atoms with Crippen molar-refractivity contribution in [1.29, 1.82) is 0 Å². The summed E-state index contributed by atoms with van der Waals surface area (Å²) in [6, 6.07) is 19.2. The highest BCUT2D eigenvalue weighted by Crippen LogP contribution is 2.44. The first-order chi connectivity index (χ1) is 16.5. The van der Waals surface area contributed by atoms with Gasteiger partial charge in [-0.25, -0.2) is 14.6 Å². The van der Waals surface area contributed by atoms with Gasteiger partial charge in [0.15, 0.2) is 0 Å². The average Bonchev–Trinajstić information content (AvgIpc) is 3.18. The second-order valence-electron chi connectivity index (χ2n) is 7.68. The van der Waals surface area contributed by atoms with E-state index < -0.39 is 12.1 Å². The molecule has 4 rings (SSSR count). The molecule has 3 aromatic rings. The van der Waals surface area contributed by atoms with Gasteiger partial charge in [-0.3, -0.25) is 4.79 Å². The zero-order chi connectivity index (χ0) is 23.9. The van der Waals surface area contributed by atoms with E-state index in [1.54, 1.807) is 6.07 Å². The van der Waals surface area contributed by atoms with Crippen LogP contribution < -0.4 is 10.6 Å². The van der Waals surface area contributed by atoms with Crippen molar-refractivity contribution in [1.82, 2.24) is 15.6 Å². The number of nitrogens with zero attached hydrogens (tertiary/aromatic N) is 1. The molecule has 1 heterocycles. The molecule has 8 heteroatoms. The van der Waals surface area contributed by atoms with Crippen molar-refractivity contribution in [3.8, 4) is 11.1 Å². The number of pyridine rings is 1. The van der Waals surface area contributed by atoms with E-state index in [4.69, 9.17) is 9.84 Å². The fraction of sp³-hybridized carbons (Fsp3) is 0.154. The van der Waals surface area contributed by atoms with Crippen LogP contribution in [0, 0.1) is 0 Å². The lowest BCUT2D eigenvalue weighted by atomic mass is 9.98. The number of carboxylic acids is 1. The van der Waals surface area contributed by atoms with Crippen LogP contribution in [0.5, 0.6) is 0 Å². The lowest BCUT2D eigenvalue weighted by molar-refractivity contribution is -0.116. The summed E-state index contributed by atoms with van der Waals surface area (Å²) in [5, 5.41) is 14.1. The highest BCUT2D eigenvalue weighted by molar-refractivity contribution is 5.87. The number of benzene rings is 2. The summed E-state index contributed by atoms with van der Waals surface area (Å²) >= 11 is 0. The van der Waals surface area contributed by atoms with Gasteiger partial charge in [0.2, 0.25) is 5.91 Å². The lowest BCUT2D eigenvalue weighted by Gasteiger charge is -2.14. The van der Waals surface area contributed by atoms with Gasteiger partial charge in [0.25, 0.3) is 0 Å². The standard InChI is InChI=1S/C26H23N3O5/c30-24(29-15-17-11-12-23(25(31)32)28-14-17)10-5-13-27-26(33)34-16-22-20-8-3-1-6-18(20)19-7-2-4-9-21(19)22/h1-12,14,22H,13,15-16H2,(H,27,33)(H,29,30)(H,31,32)/b10-5+. The van der Waals surface area contributed by atoms with Gasteiger partial charge in [0.1, 0.15) is 12.3 Å². The number of aromatic carboxylic acids is 1. The fourth-order valence-electron chi connectivity index (χ4n) is 3.86. The second kappa shape index (κ2) is 10.4. The molecule has 1 aliphatic carbocycles. The number of fused-ring (bicyclic) bond motifs is 3. The monoisotopic (exact) mass is 457 g/mol. The molecule has 0 radical (unpaired) electrons. The van der Waals surface area contributed by atoms with Crippen LogP contribution in [0.3, 0.4) is 0 Å². The normalized spacial score (nSPS) is 12.1. The summed E-state index contributed by atoms with van der Waals surface area (Å²) < 4.78 is 5.45. The van der Waals surface area contributed by atoms with Gasteiger partial charge >= 0.3 is 12.1 Å². The van der Waals surface area contributed by atoms with Crippen LogP contribution in [-0.4, -0.2) is 41.2 Å². The largest absolute Gasteiger partial charge is 0.477 e. The summed E-state index contributed by atoms with van der Waals surface area (Å²) in [5.41, 5.74) is 5.21. The minimum Gasteiger partial charge on any atom is -0.477 e. The van der Waals surface area contributed by atoms with E-state index in [1.165, 1.54) is 24.4 Å². The molecule has 0 aliphatic heterocycles. The molecule has 0 saturated carbocycles. The zero-order valence-electron chi connectivity index (χ0n) is 18.2. The first kappa shape index (κ1) is 22.7. The number of alkyl carbamates (subject to hydrolysis) is 1. The molecule has 0 bridgehead atoms. The third-order valence-electron chi connectivity index (χ3n) is 5.49. The minimum atomic E-state index is -1.11. The molecule has 0 spiro atoms. The third kappa shape index (κ3) is 5.29. The molecule has 172 valence electrons. The van der Waals surface area contributed by atoms with Crippen molar-refractivity contribution in [3.05, 3.63) is 101 Å². The summed E-state index contributed by atoms with van der Waals surface area (Å²) in [5.74, 6) is -1.47. The topological polar surface area (TPSA) is 118 Å². The van der Waals surface area contributed by atoms with Crippen LogP contribution in [0.4, 0.5) is 4.79 Å². The Morgan fingerprint density at radius 2 is 1.62 bits per heavy atom. The molecule has 3 N–H and O–H groups in total. The van der Waals surface area contributed by atoms with Crippen LogP contribution >= 0.6 is 0 Å². The fourth-order valence-corrected chi connectivity index (χ4v) is 3.86. The van der Waals surface area contributed by atoms with Crippen LogP contribution in [0.15, 0.2) is 79.0 Å². The van der Waals surface area contributed by atoms with E-state index in [2.05, 4.69) is 39.9 Å². The molecule has 1 aliphatic rings.